The van der Waals surface area contributed by atoms with Gasteiger partial charge < -0.3 is 9.15 Å². The molecule has 0 radical (unpaired) electrons. The van der Waals surface area contributed by atoms with E-state index in [-0.39, 0.29) is 12.2 Å². The summed E-state index contributed by atoms with van der Waals surface area (Å²) >= 11 is 5.95. The predicted molar refractivity (Wildman–Crippen MR) is 95.7 cm³/mol. The molecule has 1 atom stereocenters. The molecule has 4 nitrogen and oxygen atoms in total. The smallest absolute Gasteiger partial charge is 0.336 e. The first-order valence-corrected chi connectivity index (χ1v) is 8.35. The summed E-state index contributed by atoms with van der Waals surface area (Å²) in [6.07, 6.45) is -0.134. The van der Waals surface area contributed by atoms with Gasteiger partial charge in [-0.3, -0.25) is 4.79 Å². The highest BCUT2D eigenvalue weighted by molar-refractivity contribution is 6.30. The average Bonchev–Trinajstić information content (AvgIpc) is 2.54. The van der Waals surface area contributed by atoms with Crippen LogP contribution in [-0.4, -0.2) is 5.78 Å². The first-order chi connectivity index (χ1) is 11.9. The molecule has 0 bridgehead atoms. The summed E-state index contributed by atoms with van der Waals surface area (Å²) in [7, 11) is 0. The molecule has 5 heteroatoms. The van der Waals surface area contributed by atoms with Gasteiger partial charge in [-0.2, -0.15) is 0 Å². The maximum Gasteiger partial charge on any atom is 0.336 e. The molecule has 1 aliphatic heterocycles. The minimum atomic E-state index is -0.416. The van der Waals surface area contributed by atoms with Crippen LogP contribution in [-0.2, 0) is 0 Å². The van der Waals surface area contributed by atoms with Crippen molar-refractivity contribution in [2.75, 3.05) is 0 Å². The minimum Gasteiger partial charge on any atom is -0.484 e. The second-order valence-corrected chi connectivity index (χ2v) is 6.74. The van der Waals surface area contributed by atoms with Gasteiger partial charge in [0.05, 0.1) is 17.4 Å². The van der Waals surface area contributed by atoms with Crippen LogP contribution in [0.5, 0.6) is 5.75 Å². The quantitative estimate of drug-likeness (QED) is 0.591. The van der Waals surface area contributed by atoms with Crippen molar-refractivity contribution >= 4 is 28.4 Å². The summed E-state index contributed by atoms with van der Waals surface area (Å²) in [4.78, 5) is 24.5. The van der Waals surface area contributed by atoms with Gasteiger partial charge in [0, 0.05) is 11.1 Å². The maximum absolute atomic E-state index is 12.8. The fraction of sp³-hybridized carbons (Fsp3) is 0.200. The van der Waals surface area contributed by atoms with Gasteiger partial charge in [0.15, 0.2) is 5.78 Å². The second kappa shape index (κ2) is 5.74. The Balaban J connectivity index is 1.93. The molecule has 1 aromatic heterocycles. The first kappa shape index (κ1) is 15.9. The number of rotatable bonds is 1. The van der Waals surface area contributed by atoms with E-state index < -0.39 is 11.7 Å². The highest BCUT2D eigenvalue weighted by atomic mass is 35.5. The molecule has 0 amide bonds. The minimum absolute atomic E-state index is 0.0196. The Kier molecular flexibility index (Phi) is 3.65. The zero-order valence-corrected chi connectivity index (χ0v) is 14.5. The molecule has 0 saturated carbocycles. The molecule has 2 heterocycles. The Morgan fingerprint density at radius 3 is 2.48 bits per heavy atom. The Morgan fingerprint density at radius 1 is 1.04 bits per heavy atom. The summed E-state index contributed by atoms with van der Waals surface area (Å²) in [6.45, 7) is 3.64. The molecule has 1 aliphatic rings. The molecule has 0 fully saturated rings. The SMILES string of the molecule is Cc1cc2oc(=O)cc(C)c2c2c1C(=O)CC(c1ccc(Cl)cc1)O2. The number of ketones is 1. The number of fused-ring (bicyclic) bond motifs is 3. The summed E-state index contributed by atoms with van der Waals surface area (Å²) in [5, 5.41) is 1.30. The zero-order valence-electron chi connectivity index (χ0n) is 13.8. The standard InChI is InChI=1S/C20H15ClO4/c1-10-7-16-19(11(2)8-17(23)24-16)20-18(10)14(22)9-15(25-20)12-3-5-13(21)6-4-12/h3-8,15H,9H2,1-2H3. The van der Waals surface area contributed by atoms with Gasteiger partial charge in [0.1, 0.15) is 17.4 Å². The van der Waals surface area contributed by atoms with Crippen molar-refractivity contribution in [3.8, 4) is 5.75 Å². The lowest BCUT2D eigenvalue weighted by atomic mass is 9.91. The van der Waals surface area contributed by atoms with E-state index >= 15 is 0 Å². The lowest BCUT2D eigenvalue weighted by Crippen LogP contribution is -2.22. The second-order valence-electron chi connectivity index (χ2n) is 6.30. The van der Waals surface area contributed by atoms with Crippen molar-refractivity contribution in [2.45, 2.75) is 26.4 Å². The van der Waals surface area contributed by atoms with Crippen molar-refractivity contribution in [1.82, 2.24) is 0 Å². The molecule has 0 saturated heterocycles. The molecule has 1 unspecified atom stereocenters. The number of benzene rings is 2. The van der Waals surface area contributed by atoms with E-state index in [4.69, 9.17) is 20.8 Å². The maximum atomic E-state index is 12.8. The molecule has 0 aliphatic carbocycles. The molecule has 4 rings (SSSR count). The molecule has 126 valence electrons. The summed E-state index contributed by atoms with van der Waals surface area (Å²) < 4.78 is 11.5. The number of carbonyl (C=O) groups is 1. The van der Waals surface area contributed by atoms with Crippen molar-refractivity contribution < 1.29 is 13.9 Å². The van der Waals surface area contributed by atoms with Crippen LogP contribution in [0.3, 0.4) is 0 Å². The van der Waals surface area contributed by atoms with E-state index in [1.54, 1.807) is 18.2 Å². The zero-order chi connectivity index (χ0) is 17.7. The number of hydrogen-bond acceptors (Lipinski definition) is 4. The van der Waals surface area contributed by atoms with E-state index in [0.717, 1.165) is 16.7 Å². The van der Waals surface area contributed by atoms with E-state index in [1.807, 2.05) is 26.0 Å². The number of hydrogen-bond donors (Lipinski definition) is 0. The van der Waals surface area contributed by atoms with Crippen molar-refractivity contribution in [3.05, 3.63) is 74.1 Å². The number of halogens is 1. The Morgan fingerprint density at radius 2 is 1.76 bits per heavy atom. The summed E-state index contributed by atoms with van der Waals surface area (Å²) in [6, 6.07) is 10.4. The first-order valence-electron chi connectivity index (χ1n) is 7.97. The average molecular weight is 355 g/mol. The molecule has 3 aromatic rings. The lowest BCUT2D eigenvalue weighted by Gasteiger charge is -2.28. The van der Waals surface area contributed by atoms with Gasteiger partial charge in [-0.25, -0.2) is 4.79 Å². The molecule has 2 aromatic carbocycles. The van der Waals surface area contributed by atoms with Gasteiger partial charge in [-0.05, 0) is 48.7 Å². The van der Waals surface area contributed by atoms with Crippen LogP contribution in [0.2, 0.25) is 5.02 Å². The molecule has 0 N–H and O–H groups in total. The van der Waals surface area contributed by atoms with Crippen LogP contribution >= 0.6 is 11.6 Å². The molecular weight excluding hydrogens is 340 g/mol. The number of ether oxygens (including phenoxy) is 1. The largest absolute Gasteiger partial charge is 0.484 e. The highest BCUT2D eigenvalue weighted by Gasteiger charge is 2.31. The van der Waals surface area contributed by atoms with Crippen LogP contribution in [0, 0.1) is 13.8 Å². The van der Waals surface area contributed by atoms with Gasteiger partial charge in [-0.1, -0.05) is 23.7 Å². The van der Waals surface area contributed by atoms with Crippen LogP contribution in [0.25, 0.3) is 11.0 Å². The van der Waals surface area contributed by atoms with Gasteiger partial charge in [0.2, 0.25) is 0 Å². The fourth-order valence-electron chi connectivity index (χ4n) is 3.38. The van der Waals surface area contributed by atoms with Gasteiger partial charge in [-0.15, -0.1) is 0 Å². The van der Waals surface area contributed by atoms with E-state index in [0.29, 0.717) is 27.3 Å². The Labute approximate surface area is 149 Å². The van der Waals surface area contributed by atoms with Gasteiger partial charge >= 0.3 is 5.63 Å². The van der Waals surface area contributed by atoms with Crippen molar-refractivity contribution in [1.29, 1.82) is 0 Å². The third-order valence-corrected chi connectivity index (χ3v) is 4.79. The van der Waals surface area contributed by atoms with Crippen LogP contribution in [0.15, 0.2) is 45.6 Å². The number of aryl methyl sites for hydroxylation is 2. The molecule has 25 heavy (non-hydrogen) atoms. The topological polar surface area (TPSA) is 56.5 Å². The van der Waals surface area contributed by atoms with Gasteiger partial charge in [0.25, 0.3) is 0 Å². The predicted octanol–water partition coefficient (Wildman–Crippen LogP) is 4.77. The van der Waals surface area contributed by atoms with E-state index in [1.165, 1.54) is 6.07 Å². The van der Waals surface area contributed by atoms with E-state index in [9.17, 15) is 9.59 Å². The third-order valence-electron chi connectivity index (χ3n) is 4.53. The summed E-state index contributed by atoms with van der Waals surface area (Å²) in [5.41, 5.74) is 2.94. The molecule has 0 spiro atoms. The normalized spacial score (nSPS) is 16.6. The van der Waals surface area contributed by atoms with Crippen molar-refractivity contribution in [3.63, 3.8) is 0 Å². The van der Waals surface area contributed by atoms with Crippen molar-refractivity contribution in [2.24, 2.45) is 0 Å². The van der Waals surface area contributed by atoms with Crippen LogP contribution in [0.4, 0.5) is 0 Å². The molecular formula is C20H15ClO4. The highest BCUT2D eigenvalue weighted by Crippen LogP contribution is 2.42. The van der Waals surface area contributed by atoms with E-state index in [2.05, 4.69) is 0 Å². The monoisotopic (exact) mass is 354 g/mol. The Bertz CT molecular complexity index is 1060. The number of Topliss-reactive ketones (excluding diaryl/α,β-unsaturated/α-hetero) is 1. The van der Waals surface area contributed by atoms with Crippen LogP contribution in [0.1, 0.15) is 39.6 Å². The summed E-state index contributed by atoms with van der Waals surface area (Å²) in [5.74, 6) is 0.513. The number of carbonyl (C=O) groups excluding carboxylic acids is 1. The Hall–Kier alpha value is -2.59. The lowest BCUT2D eigenvalue weighted by molar-refractivity contribution is 0.0852. The third kappa shape index (κ3) is 2.63. The van der Waals surface area contributed by atoms with Crippen LogP contribution < -0.4 is 10.4 Å². The fourth-order valence-corrected chi connectivity index (χ4v) is 3.51.